The van der Waals surface area contributed by atoms with Crippen LogP contribution in [-0.4, -0.2) is 76.6 Å². The second-order valence-electron chi connectivity index (χ2n) is 7.62. The van der Waals surface area contributed by atoms with Gasteiger partial charge in [0.05, 0.1) is 13.2 Å². The molecular weight excluding hydrogens is 318 g/mol. The van der Waals surface area contributed by atoms with Gasteiger partial charge in [0, 0.05) is 63.1 Å². The number of aryl methyl sites for hydroxylation is 1. The summed E-state index contributed by atoms with van der Waals surface area (Å²) in [6, 6.07) is 2.43. The first-order valence-electron chi connectivity index (χ1n) is 9.52. The van der Waals surface area contributed by atoms with Gasteiger partial charge in [0.1, 0.15) is 0 Å². The van der Waals surface area contributed by atoms with Crippen molar-refractivity contribution in [2.45, 2.75) is 43.7 Å². The molecule has 0 aromatic carbocycles. The van der Waals surface area contributed by atoms with Crippen molar-refractivity contribution in [3.05, 3.63) is 18.0 Å². The molecule has 25 heavy (non-hydrogen) atoms. The SMILES string of the molecule is Cn1nccc1C[C@@H]1CCCN1C(=O)NCC1(N2CCOCC2)CC1. The standard InChI is InChI=1S/C18H29N5O2/c1-21-15(4-7-20-21)13-16-3-2-8-23(16)17(24)19-14-18(5-6-18)22-9-11-25-12-10-22/h4,7,16H,2-3,5-6,8-14H2,1H3,(H,19,24)/t16-/m0/s1. The Morgan fingerprint density at radius 3 is 2.84 bits per heavy atom. The molecular formula is C18H29N5O2. The number of nitrogens with one attached hydrogen (secondary N) is 1. The number of ether oxygens (including phenoxy) is 1. The maximum absolute atomic E-state index is 12.8. The van der Waals surface area contributed by atoms with Gasteiger partial charge in [-0.2, -0.15) is 5.10 Å². The number of hydrogen-bond donors (Lipinski definition) is 1. The predicted molar refractivity (Wildman–Crippen MR) is 94.4 cm³/mol. The summed E-state index contributed by atoms with van der Waals surface area (Å²) in [5.74, 6) is 0. The summed E-state index contributed by atoms with van der Waals surface area (Å²) in [5, 5.41) is 7.47. The molecule has 0 unspecified atom stereocenters. The number of amides is 2. The van der Waals surface area contributed by atoms with Crippen LogP contribution in [0.4, 0.5) is 4.79 Å². The van der Waals surface area contributed by atoms with Crippen LogP contribution in [-0.2, 0) is 18.2 Å². The van der Waals surface area contributed by atoms with E-state index in [4.69, 9.17) is 4.74 Å². The van der Waals surface area contributed by atoms with Gasteiger partial charge >= 0.3 is 6.03 Å². The Hall–Kier alpha value is -1.60. The van der Waals surface area contributed by atoms with Crippen LogP contribution in [0.15, 0.2) is 12.3 Å². The normalized spacial score (nSPS) is 26.0. The quantitative estimate of drug-likeness (QED) is 0.863. The molecule has 1 aromatic heterocycles. The Morgan fingerprint density at radius 1 is 1.36 bits per heavy atom. The largest absolute Gasteiger partial charge is 0.379 e. The predicted octanol–water partition coefficient (Wildman–Crippen LogP) is 1.00. The Balaban J connectivity index is 1.32. The Labute approximate surface area is 149 Å². The van der Waals surface area contributed by atoms with Crippen LogP contribution in [0.25, 0.3) is 0 Å². The fraction of sp³-hybridized carbons (Fsp3) is 0.778. The van der Waals surface area contributed by atoms with Gasteiger partial charge in [0.25, 0.3) is 0 Å². The molecule has 3 aliphatic rings. The maximum Gasteiger partial charge on any atom is 0.317 e. The molecule has 3 heterocycles. The molecule has 0 spiro atoms. The summed E-state index contributed by atoms with van der Waals surface area (Å²) < 4.78 is 7.37. The number of carbonyl (C=O) groups excluding carboxylic acids is 1. The fourth-order valence-corrected chi connectivity index (χ4v) is 4.29. The van der Waals surface area contributed by atoms with Crippen molar-refractivity contribution in [1.82, 2.24) is 24.9 Å². The zero-order chi connectivity index (χ0) is 17.3. The lowest BCUT2D eigenvalue weighted by Crippen LogP contribution is -2.53. The van der Waals surface area contributed by atoms with E-state index in [0.29, 0.717) is 0 Å². The monoisotopic (exact) mass is 347 g/mol. The molecule has 2 amide bonds. The zero-order valence-corrected chi connectivity index (χ0v) is 15.1. The second-order valence-corrected chi connectivity index (χ2v) is 7.62. The highest BCUT2D eigenvalue weighted by molar-refractivity contribution is 5.75. The van der Waals surface area contributed by atoms with Crippen molar-refractivity contribution >= 4 is 6.03 Å². The molecule has 1 saturated carbocycles. The van der Waals surface area contributed by atoms with Crippen LogP contribution < -0.4 is 5.32 Å². The minimum Gasteiger partial charge on any atom is -0.379 e. The second kappa shape index (κ2) is 6.96. The molecule has 1 aromatic rings. The van der Waals surface area contributed by atoms with Gasteiger partial charge in [-0.25, -0.2) is 4.79 Å². The van der Waals surface area contributed by atoms with Gasteiger partial charge in [0.2, 0.25) is 0 Å². The van der Waals surface area contributed by atoms with Crippen molar-refractivity contribution in [3.8, 4) is 0 Å². The summed E-state index contributed by atoms with van der Waals surface area (Å²) in [7, 11) is 1.97. The summed E-state index contributed by atoms with van der Waals surface area (Å²) in [5.41, 5.74) is 1.38. The molecule has 4 rings (SSSR count). The van der Waals surface area contributed by atoms with Gasteiger partial charge in [-0.05, 0) is 31.7 Å². The zero-order valence-electron chi connectivity index (χ0n) is 15.1. The van der Waals surface area contributed by atoms with Crippen LogP contribution in [0.2, 0.25) is 0 Å². The molecule has 1 aliphatic carbocycles. The molecule has 1 N–H and O–H groups in total. The van der Waals surface area contributed by atoms with E-state index < -0.39 is 0 Å². The Morgan fingerprint density at radius 2 is 2.16 bits per heavy atom. The summed E-state index contributed by atoms with van der Waals surface area (Å²) >= 11 is 0. The average molecular weight is 347 g/mol. The maximum atomic E-state index is 12.8. The molecule has 7 heteroatoms. The van der Waals surface area contributed by atoms with Crippen molar-refractivity contribution in [2.75, 3.05) is 39.4 Å². The minimum atomic E-state index is 0.101. The molecule has 3 fully saturated rings. The van der Waals surface area contributed by atoms with Crippen molar-refractivity contribution < 1.29 is 9.53 Å². The molecule has 7 nitrogen and oxygen atoms in total. The first-order chi connectivity index (χ1) is 12.2. The van der Waals surface area contributed by atoms with Gasteiger partial charge in [-0.1, -0.05) is 0 Å². The average Bonchev–Trinajstić information content (AvgIpc) is 3.11. The smallest absolute Gasteiger partial charge is 0.317 e. The first-order valence-corrected chi connectivity index (χ1v) is 9.52. The minimum absolute atomic E-state index is 0.101. The Bertz CT molecular complexity index is 606. The number of aromatic nitrogens is 2. The van der Waals surface area contributed by atoms with Crippen molar-refractivity contribution in [3.63, 3.8) is 0 Å². The van der Waals surface area contributed by atoms with Gasteiger partial charge < -0.3 is 15.0 Å². The summed E-state index contributed by atoms with van der Waals surface area (Å²) in [4.78, 5) is 17.3. The van der Waals surface area contributed by atoms with E-state index >= 15 is 0 Å². The molecule has 138 valence electrons. The van der Waals surface area contributed by atoms with Crippen LogP contribution in [0.1, 0.15) is 31.4 Å². The third kappa shape index (κ3) is 3.53. The van der Waals surface area contributed by atoms with Gasteiger partial charge in [0.15, 0.2) is 0 Å². The highest BCUT2D eigenvalue weighted by atomic mass is 16.5. The number of rotatable bonds is 5. The van der Waals surface area contributed by atoms with E-state index in [2.05, 4.69) is 15.3 Å². The highest BCUT2D eigenvalue weighted by Gasteiger charge is 2.48. The van der Waals surface area contributed by atoms with Crippen LogP contribution >= 0.6 is 0 Å². The van der Waals surface area contributed by atoms with Crippen LogP contribution in [0.5, 0.6) is 0 Å². The summed E-state index contributed by atoms with van der Waals surface area (Å²) in [6.07, 6.45) is 7.25. The van der Waals surface area contributed by atoms with Gasteiger partial charge in [-0.15, -0.1) is 0 Å². The molecule has 2 saturated heterocycles. The molecule has 0 bridgehead atoms. The van der Waals surface area contributed by atoms with E-state index in [1.807, 2.05) is 28.9 Å². The lowest BCUT2D eigenvalue weighted by atomic mass is 10.1. The van der Waals surface area contributed by atoms with E-state index in [-0.39, 0.29) is 17.6 Å². The molecule has 2 aliphatic heterocycles. The number of carbonyl (C=O) groups is 1. The lowest BCUT2D eigenvalue weighted by molar-refractivity contribution is 0.00997. The van der Waals surface area contributed by atoms with Crippen LogP contribution in [0.3, 0.4) is 0 Å². The van der Waals surface area contributed by atoms with E-state index in [1.165, 1.54) is 18.5 Å². The topological polar surface area (TPSA) is 62.6 Å². The highest BCUT2D eigenvalue weighted by Crippen LogP contribution is 2.41. The Kier molecular flexibility index (Phi) is 4.69. The number of nitrogens with zero attached hydrogens (tertiary/aromatic N) is 4. The molecule has 1 atom stereocenters. The first kappa shape index (κ1) is 16.8. The van der Waals surface area contributed by atoms with Gasteiger partial charge in [-0.3, -0.25) is 9.58 Å². The lowest BCUT2D eigenvalue weighted by Gasteiger charge is -2.35. The number of hydrogen-bond acceptors (Lipinski definition) is 4. The fourth-order valence-electron chi connectivity index (χ4n) is 4.29. The van der Waals surface area contributed by atoms with Crippen LogP contribution in [0, 0.1) is 0 Å². The third-order valence-electron chi connectivity index (χ3n) is 6.08. The van der Waals surface area contributed by atoms with E-state index in [0.717, 1.165) is 58.7 Å². The summed E-state index contributed by atoms with van der Waals surface area (Å²) in [6.45, 7) is 5.23. The number of morpholine rings is 1. The van der Waals surface area contributed by atoms with Crippen molar-refractivity contribution in [1.29, 1.82) is 0 Å². The van der Waals surface area contributed by atoms with E-state index in [9.17, 15) is 4.79 Å². The number of likely N-dealkylation sites (tertiary alicyclic amines) is 1. The number of urea groups is 1. The van der Waals surface area contributed by atoms with Crippen molar-refractivity contribution in [2.24, 2.45) is 7.05 Å². The third-order valence-corrected chi connectivity index (χ3v) is 6.08. The van der Waals surface area contributed by atoms with E-state index in [1.54, 1.807) is 0 Å². The molecule has 0 radical (unpaired) electrons.